The van der Waals surface area contributed by atoms with Crippen LogP contribution < -0.4 is 5.32 Å². The van der Waals surface area contributed by atoms with Gasteiger partial charge >= 0.3 is 5.97 Å². The van der Waals surface area contributed by atoms with E-state index in [2.05, 4.69) is 5.32 Å². The third-order valence-corrected chi connectivity index (χ3v) is 2.99. The molecule has 2 rings (SSSR count). The number of hydrogen-bond donors (Lipinski definition) is 2. The van der Waals surface area contributed by atoms with Gasteiger partial charge in [0, 0.05) is 0 Å². The molecule has 1 aromatic heterocycles. The lowest BCUT2D eigenvalue weighted by molar-refractivity contribution is -0.137. The zero-order valence-corrected chi connectivity index (χ0v) is 11.0. The lowest BCUT2D eigenvalue weighted by Crippen LogP contribution is -2.30. The summed E-state index contributed by atoms with van der Waals surface area (Å²) in [5.74, 6) is -1.24. The molecule has 5 heteroatoms. The summed E-state index contributed by atoms with van der Waals surface area (Å²) < 4.78 is 5.01. The number of hydrogen-bond acceptors (Lipinski definition) is 3. The second-order valence-corrected chi connectivity index (χ2v) is 4.46. The quantitative estimate of drug-likeness (QED) is 0.877. The molecule has 0 bridgehead atoms. The van der Waals surface area contributed by atoms with Crippen LogP contribution in [0.5, 0.6) is 0 Å². The Balaban J connectivity index is 2.22. The molecule has 0 saturated heterocycles. The minimum absolute atomic E-state index is 0.161. The average molecular weight is 273 g/mol. The fraction of sp³-hybridized carbons (Fsp3) is 0.200. The molecule has 1 atom stereocenters. The van der Waals surface area contributed by atoms with Crippen LogP contribution in [0.2, 0.25) is 0 Å². The van der Waals surface area contributed by atoms with Crippen LogP contribution >= 0.6 is 0 Å². The molecule has 0 fully saturated rings. The van der Waals surface area contributed by atoms with Gasteiger partial charge in [-0.1, -0.05) is 24.3 Å². The molecule has 1 amide bonds. The van der Waals surface area contributed by atoms with E-state index in [-0.39, 0.29) is 12.2 Å². The molecule has 0 radical (unpaired) electrons. The molecule has 0 spiro atoms. The molecule has 0 aliphatic heterocycles. The molecule has 1 unspecified atom stereocenters. The number of aliphatic carboxylic acids is 1. The average Bonchev–Trinajstić information content (AvgIpc) is 2.92. The van der Waals surface area contributed by atoms with Crippen molar-refractivity contribution in [1.82, 2.24) is 5.32 Å². The zero-order valence-electron chi connectivity index (χ0n) is 11.0. The fourth-order valence-corrected chi connectivity index (χ4v) is 2.03. The molecule has 5 nitrogen and oxygen atoms in total. The van der Waals surface area contributed by atoms with E-state index in [0.29, 0.717) is 0 Å². The number of carbonyl (C=O) groups excluding carboxylic acids is 1. The van der Waals surface area contributed by atoms with E-state index < -0.39 is 17.9 Å². The van der Waals surface area contributed by atoms with Crippen molar-refractivity contribution >= 4 is 11.9 Å². The summed E-state index contributed by atoms with van der Waals surface area (Å²) >= 11 is 0. The fourth-order valence-electron chi connectivity index (χ4n) is 2.03. The normalized spacial score (nSPS) is 11.8. The van der Waals surface area contributed by atoms with E-state index >= 15 is 0 Å². The summed E-state index contributed by atoms with van der Waals surface area (Å²) in [5.41, 5.74) is 1.72. The highest BCUT2D eigenvalue weighted by Gasteiger charge is 2.21. The predicted molar refractivity (Wildman–Crippen MR) is 72.3 cm³/mol. The molecule has 1 aromatic carbocycles. The molecule has 0 saturated carbocycles. The maximum Gasteiger partial charge on any atom is 0.305 e. The number of nitrogens with one attached hydrogen (secondary N) is 1. The third-order valence-electron chi connectivity index (χ3n) is 2.99. The minimum atomic E-state index is -0.974. The van der Waals surface area contributed by atoms with Crippen molar-refractivity contribution in [2.45, 2.75) is 19.4 Å². The maximum absolute atomic E-state index is 12.0. The van der Waals surface area contributed by atoms with Gasteiger partial charge in [0.05, 0.1) is 18.7 Å². The molecular formula is C15H15NO4. The molecule has 20 heavy (non-hydrogen) atoms. The van der Waals surface area contributed by atoms with Crippen LogP contribution in [0.15, 0.2) is 47.1 Å². The third kappa shape index (κ3) is 3.26. The predicted octanol–water partition coefficient (Wildman–Crippen LogP) is 2.53. The van der Waals surface area contributed by atoms with Crippen LogP contribution in [0.1, 0.15) is 34.1 Å². The molecule has 104 valence electrons. The topological polar surface area (TPSA) is 79.5 Å². The summed E-state index contributed by atoms with van der Waals surface area (Å²) in [5, 5.41) is 11.7. The van der Waals surface area contributed by atoms with Crippen LogP contribution in [0.3, 0.4) is 0 Å². The number of rotatable bonds is 5. The Morgan fingerprint density at radius 3 is 2.60 bits per heavy atom. The Labute approximate surface area is 116 Å². The van der Waals surface area contributed by atoms with Crippen molar-refractivity contribution in [3.05, 3.63) is 59.5 Å². The first kappa shape index (κ1) is 13.9. The Bertz CT molecular complexity index is 604. The van der Waals surface area contributed by atoms with Gasteiger partial charge in [-0.25, -0.2) is 0 Å². The lowest BCUT2D eigenvalue weighted by atomic mass is 9.98. The lowest BCUT2D eigenvalue weighted by Gasteiger charge is -2.18. The van der Waals surface area contributed by atoms with Gasteiger partial charge in [-0.2, -0.15) is 0 Å². The van der Waals surface area contributed by atoms with Gasteiger partial charge in [-0.15, -0.1) is 0 Å². The Morgan fingerprint density at radius 1 is 1.25 bits per heavy atom. The first-order valence-corrected chi connectivity index (χ1v) is 6.19. The Hall–Kier alpha value is -2.56. The van der Waals surface area contributed by atoms with Crippen LogP contribution in [-0.4, -0.2) is 17.0 Å². The van der Waals surface area contributed by atoms with Gasteiger partial charge in [0.1, 0.15) is 0 Å². The highest BCUT2D eigenvalue weighted by atomic mass is 16.4. The number of aryl methyl sites for hydroxylation is 1. The van der Waals surface area contributed by atoms with Crippen LogP contribution in [0, 0.1) is 6.92 Å². The van der Waals surface area contributed by atoms with Crippen LogP contribution in [0.4, 0.5) is 0 Å². The van der Waals surface area contributed by atoms with E-state index in [4.69, 9.17) is 9.52 Å². The van der Waals surface area contributed by atoms with Crippen molar-refractivity contribution in [3.63, 3.8) is 0 Å². The largest absolute Gasteiger partial charge is 0.481 e. The summed E-state index contributed by atoms with van der Waals surface area (Å²) in [6, 6.07) is 9.92. The molecular weight excluding hydrogens is 258 g/mol. The summed E-state index contributed by atoms with van der Waals surface area (Å²) in [7, 11) is 0. The molecule has 0 aliphatic rings. The number of carboxylic acids is 1. The van der Waals surface area contributed by atoms with E-state index in [1.807, 2.05) is 31.2 Å². The summed E-state index contributed by atoms with van der Waals surface area (Å²) in [6.07, 6.45) is 1.21. The first-order valence-electron chi connectivity index (χ1n) is 6.19. The number of carbonyl (C=O) groups is 2. The van der Waals surface area contributed by atoms with Crippen molar-refractivity contribution in [1.29, 1.82) is 0 Å². The monoisotopic (exact) mass is 273 g/mol. The number of furan rings is 1. The molecule has 2 N–H and O–H groups in total. The molecule has 0 aliphatic carbocycles. The van der Waals surface area contributed by atoms with E-state index in [1.165, 1.54) is 12.3 Å². The van der Waals surface area contributed by atoms with Gasteiger partial charge in [0.25, 0.3) is 5.91 Å². The van der Waals surface area contributed by atoms with Gasteiger partial charge in [0.15, 0.2) is 5.76 Å². The Kier molecular flexibility index (Phi) is 4.20. The standard InChI is InChI=1S/C15H15NO4/c1-10-5-2-3-6-11(10)12(9-14(17)18)16-15(19)13-7-4-8-20-13/h2-8,12H,9H2,1H3,(H,16,19)(H,17,18). The highest BCUT2D eigenvalue weighted by molar-refractivity contribution is 5.92. The minimum Gasteiger partial charge on any atom is -0.481 e. The van der Waals surface area contributed by atoms with Crippen molar-refractivity contribution < 1.29 is 19.1 Å². The summed E-state index contributed by atoms with van der Waals surface area (Å²) in [6.45, 7) is 1.88. The second kappa shape index (κ2) is 6.06. The van der Waals surface area contributed by atoms with Gasteiger partial charge < -0.3 is 14.8 Å². The number of amides is 1. The van der Waals surface area contributed by atoms with Crippen molar-refractivity contribution in [2.75, 3.05) is 0 Å². The van der Waals surface area contributed by atoms with E-state index in [9.17, 15) is 9.59 Å². The molecule has 1 heterocycles. The van der Waals surface area contributed by atoms with Gasteiger partial charge in [0.2, 0.25) is 0 Å². The van der Waals surface area contributed by atoms with Crippen molar-refractivity contribution in [3.8, 4) is 0 Å². The van der Waals surface area contributed by atoms with Gasteiger partial charge in [-0.05, 0) is 30.2 Å². The zero-order chi connectivity index (χ0) is 14.5. The number of benzene rings is 1. The van der Waals surface area contributed by atoms with Crippen LogP contribution in [0.25, 0.3) is 0 Å². The Morgan fingerprint density at radius 2 is 2.00 bits per heavy atom. The highest BCUT2D eigenvalue weighted by Crippen LogP contribution is 2.21. The van der Waals surface area contributed by atoms with Crippen molar-refractivity contribution in [2.24, 2.45) is 0 Å². The van der Waals surface area contributed by atoms with Gasteiger partial charge in [-0.3, -0.25) is 9.59 Å². The SMILES string of the molecule is Cc1ccccc1C(CC(=O)O)NC(=O)c1ccco1. The number of carboxylic acid groups (broad SMARTS) is 1. The summed E-state index contributed by atoms with van der Waals surface area (Å²) in [4.78, 5) is 23.0. The second-order valence-electron chi connectivity index (χ2n) is 4.46. The van der Waals surface area contributed by atoms with E-state index in [0.717, 1.165) is 11.1 Å². The smallest absolute Gasteiger partial charge is 0.305 e. The first-order chi connectivity index (χ1) is 9.58. The van der Waals surface area contributed by atoms with Crippen LogP contribution in [-0.2, 0) is 4.79 Å². The van der Waals surface area contributed by atoms with E-state index in [1.54, 1.807) is 6.07 Å². The maximum atomic E-state index is 12.0. The molecule has 2 aromatic rings.